The third-order valence-corrected chi connectivity index (χ3v) is 2.50. The van der Waals surface area contributed by atoms with Gasteiger partial charge in [0, 0.05) is 18.5 Å². The van der Waals surface area contributed by atoms with Gasteiger partial charge in [0.1, 0.15) is 11.6 Å². The van der Waals surface area contributed by atoms with Gasteiger partial charge in [-0.1, -0.05) is 0 Å². The Morgan fingerprint density at radius 2 is 2.22 bits per heavy atom. The van der Waals surface area contributed by atoms with Crippen molar-refractivity contribution in [3.63, 3.8) is 0 Å². The Kier molecular flexibility index (Phi) is 3.62. The molecule has 18 heavy (non-hydrogen) atoms. The maximum Gasteiger partial charge on any atom is 0.251 e. The molecule has 5 heteroatoms. The van der Waals surface area contributed by atoms with Gasteiger partial charge >= 0.3 is 0 Å². The van der Waals surface area contributed by atoms with Crippen LogP contribution in [-0.2, 0) is 6.42 Å². The molecule has 1 amide bonds. The summed E-state index contributed by atoms with van der Waals surface area (Å²) in [6.45, 7) is 0.448. The quantitative estimate of drug-likeness (QED) is 0.813. The lowest BCUT2D eigenvalue weighted by molar-refractivity contribution is 0.0953. The maximum atomic E-state index is 12.9. The van der Waals surface area contributed by atoms with Gasteiger partial charge < -0.3 is 15.5 Å². The summed E-state index contributed by atoms with van der Waals surface area (Å²) in [7, 11) is 0. The minimum Gasteiger partial charge on any atom is -0.469 e. The number of benzene rings is 1. The zero-order valence-corrected chi connectivity index (χ0v) is 9.65. The first-order chi connectivity index (χ1) is 8.66. The minimum atomic E-state index is -0.526. The number of furan rings is 1. The first kappa shape index (κ1) is 12.2. The Morgan fingerprint density at radius 1 is 1.39 bits per heavy atom. The van der Waals surface area contributed by atoms with E-state index in [9.17, 15) is 9.18 Å². The highest BCUT2D eigenvalue weighted by Crippen LogP contribution is 2.12. The van der Waals surface area contributed by atoms with E-state index in [1.54, 1.807) is 12.3 Å². The van der Waals surface area contributed by atoms with Crippen LogP contribution in [0.5, 0.6) is 0 Å². The molecule has 0 unspecified atom stereocenters. The Bertz CT molecular complexity index is 538. The van der Waals surface area contributed by atoms with Crippen LogP contribution in [0.3, 0.4) is 0 Å². The fourth-order valence-corrected chi connectivity index (χ4v) is 1.54. The monoisotopic (exact) mass is 248 g/mol. The van der Waals surface area contributed by atoms with Gasteiger partial charge in [-0.3, -0.25) is 4.79 Å². The van der Waals surface area contributed by atoms with Crippen molar-refractivity contribution in [3.05, 3.63) is 53.7 Å². The highest BCUT2D eigenvalue weighted by molar-refractivity contribution is 5.95. The largest absolute Gasteiger partial charge is 0.469 e. The molecule has 2 aromatic rings. The molecule has 0 saturated heterocycles. The fraction of sp³-hybridized carbons (Fsp3) is 0.154. The van der Waals surface area contributed by atoms with E-state index >= 15 is 0 Å². The minimum absolute atomic E-state index is 0.0336. The van der Waals surface area contributed by atoms with Crippen LogP contribution in [0, 0.1) is 5.82 Å². The van der Waals surface area contributed by atoms with Gasteiger partial charge in [-0.15, -0.1) is 0 Å². The number of hydrogen-bond donors (Lipinski definition) is 2. The van der Waals surface area contributed by atoms with Crippen molar-refractivity contribution in [3.8, 4) is 0 Å². The van der Waals surface area contributed by atoms with Gasteiger partial charge in [0.15, 0.2) is 0 Å². The molecule has 0 spiro atoms. The van der Waals surface area contributed by atoms with E-state index in [1.807, 2.05) is 6.07 Å². The second-order valence-corrected chi connectivity index (χ2v) is 3.82. The molecule has 4 nitrogen and oxygen atoms in total. The zero-order chi connectivity index (χ0) is 13.0. The van der Waals surface area contributed by atoms with E-state index in [0.29, 0.717) is 18.5 Å². The molecule has 0 aliphatic rings. The van der Waals surface area contributed by atoms with Gasteiger partial charge in [0.25, 0.3) is 5.91 Å². The highest BCUT2D eigenvalue weighted by Gasteiger charge is 2.07. The first-order valence-corrected chi connectivity index (χ1v) is 5.52. The van der Waals surface area contributed by atoms with Crippen LogP contribution in [0.25, 0.3) is 0 Å². The van der Waals surface area contributed by atoms with Crippen molar-refractivity contribution in [2.75, 3.05) is 12.3 Å². The van der Waals surface area contributed by atoms with Crippen molar-refractivity contribution in [2.24, 2.45) is 0 Å². The number of rotatable bonds is 4. The Labute approximate surface area is 104 Å². The van der Waals surface area contributed by atoms with Crippen LogP contribution >= 0.6 is 0 Å². The molecule has 0 bridgehead atoms. The number of carbonyl (C=O) groups excluding carboxylic acids is 1. The molecule has 0 saturated carbocycles. The smallest absolute Gasteiger partial charge is 0.251 e. The van der Waals surface area contributed by atoms with Crippen molar-refractivity contribution in [2.45, 2.75) is 6.42 Å². The Balaban J connectivity index is 1.89. The van der Waals surface area contributed by atoms with Gasteiger partial charge in [0.05, 0.1) is 12.0 Å². The van der Waals surface area contributed by atoms with Crippen LogP contribution in [0.4, 0.5) is 10.1 Å². The lowest BCUT2D eigenvalue weighted by Crippen LogP contribution is -2.25. The maximum absolute atomic E-state index is 12.9. The summed E-state index contributed by atoms with van der Waals surface area (Å²) in [6, 6.07) is 7.52. The molecule has 1 aromatic carbocycles. The van der Waals surface area contributed by atoms with Gasteiger partial charge in [-0.25, -0.2) is 4.39 Å². The third kappa shape index (κ3) is 2.88. The van der Waals surface area contributed by atoms with Gasteiger partial charge in [0.2, 0.25) is 0 Å². The SMILES string of the molecule is Nc1cc(C(=O)NCCc2ccco2)ccc1F. The van der Waals surface area contributed by atoms with Crippen molar-refractivity contribution in [1.82, 2.24) is 5.32 Å². The molecule has 1 aromatic heterocycles. The molecule has 0 atom stereocenters. The van der Waals surface area contributed by atoms with Crippen LogP contribution in [0.1, 0.15) is 16.1 Å². The molecule has 1 heterocycles. The van der Waals surface area contributed by atoms with Crippen molar-refractivity contribution >= 4 is 11.6 Å². The van der Waals surface area contributed by atoms with Crippen molar-refractivity contribution in [1.29, 1.82) is 0 Å². The van der Waals surface area contributed by atoms with Crippen LogP contribution in [-0.4, -0.2) is 12.5 Å². The number of halogens is 1. The normalized spacial score (nSPS) is 10.3. The van der Waals surface area contributed by atoms with E-state index in [4.69, 9.17) is 10.2 Å². The number of hydrogen-bond acceptors (Lipinski definition) is 3. The Hall–Kier alpha value is -2.30. The number of carbonyl (C=O) groups is 1. The summed E-state index contributed by atoms with van der Waals surface area (Å²) >= 11 is 0. The number of amides is 1. The number of anilines is 1. The fourth-order valence-electron chi connectivity index (χ4n) is 1.54. The third-order valence-electron chi connectivity index (χ3n) is 2.50. The van der Waals surface area contributed by atoms with Crippen LogP contribution in [0.2, 0.25) is 0 Å². The van der Waals surface area contributed by atoms with E-state index in [-0.39, 0.29) is 11.6 Å². The average molecular weight is 248 g/mol. The van der Waals surface area contributed by atoms with Crippen molar-refractivity contribution < 1.29 is 13.6 Å². The number of nitrogen functional groups attached to an aromatic ring is 1. The number of nitrogens with one attached hydrogen (secondary N) is 1. The summed E-state index contributed by atoms with van der Waals surface area (Å²) in [5.74, 6) is -0.00990. The molecule has 0 aliphatic heterocycles. The zero-order valence-electron chi connectivity index (χ0n) is 9.65. The summed E-state index contributed by atoms with van der Waals surface area (Å²) < 4.78 is 18.1. The predicted octanol–water partition coefficient (Wildman–Crippen LogP) is 1.97. The molecule has 0 aliphatic carbocycles. The lowest BCUT2D eigenvalue weighted by atomic mass is 10.2. The predicted molar refractivity (Wildman–Crippen MR) is 65.6 cm³/mol. The molecular weight excluding hydrogens is 235 g/mol. The van der Waals surface area contributed by atoms with E-state index in [1.165, 1.54) is 18.2 Å². The first-order valence-electron chi connectivity index (χ1n) is 5.52. The highest BCUT2D eigenvalue weighted by atomic mass is 19.1. The van der Waals surface area contributed by atoms with E-state index < -0.39 is 5.82 Å². The molecule has 94 valence electrons. The topological polar surface area (TPSA) is 68.3 Å². The van der Waals surface area contributed by atoms with E-state index in [2.05, 4.69) is 5.32 Å². The molecular formula is C13H13FN2O2. The Morgan fingerprint density at radius 3 is 2.89 bits per heavy atom. The summed E-state index contributed by atoms with van der Waals surface area (Å²) in [5.41, 5.74) is 5.70. The van der Waals surface area contributed by atoms with Crippen LogP contribution in [0.15, 0.2) is 41.0 Å². The second kappa shape index (κ2) is 5.35. The van der Waals surface area contributed by atoms with Gasteiger partial charge in [-0.05, 0) is 30.3 Å². The average Bonchev–Trinajstić information content (AvgIpc) is 2.85. The lowest BCUT2D eigenvalue weighted by Gasteiger charge is -2.05. The summed E-state index contributed by atoms with van der Waals surface area (Å²) in [6.07, 6.45) is 2.19. The summed E-state index contributed by atoms with van der Waals surface area (Å²) in [5, 5.41) is 2.71. The second-order valence-electron chi connectivity index (χ2n) is 3.82. The standard InChI is InChI=1S/C13H13FN2O2/c14-11-4-3-9(8-12(11)15)13(17)16-6-5-10-2-1-7-18-10/h1-4,7-8H,5-6,15H2,(H,16,17). The van der Waals surface area contributed by atoms with E-state index in [0.717, 1.165) is 5.76 Å². The molecule has 2 rings (SSSR count). The van der Waals surface area contributed by atoms with Crippen LogP contribution < -0.4 is 11.1 Å². The molecule has 0 radical (unpaired) electrons. The molecule has 3 N–H and O–H groups in total. The molecule has 0 fully saturated rings. The van der Waals surface area contributed by atoms with Gasteiger partial charge in [-0.2, -0.15) is 0 Å². The summed E-state index contributed by atoms with van der Waals surface area (Å²) in [4.78, 5) is 11.7. The number of nitrogens with two attached hydrogens (primary N) is 1.